The Labute approximate surface area is 233 Å². The molecule has 41 heavy (non-hydrogen) atoms. The normalized spacial score (nSPS) is 13.6. The number of phenolic OH excluding ortho intramolecular Hbond substituents is 2. The van der Waals surface area contributed by atoms with Gasteiger partial charge in [-0.05, 0) is 35.4 Å². The van der Waals surface area contributed by atoms with E-state index in [4.69, 9.17) is 11.5 Å². The Morgan fingerprint density at radius 2 is 1.05 bits per heavy atom. The Bertz CT molecular complexity index is 1270. The van der Waals surface area contributed by atoms with Crippen molar-refractivity contribution in [3.63, 3.8) is 0 Å². The van der Waals surface area contributed by atoms with Crippen LogP contribution in [0.1, 0.15) is 24.0 Å². The summed E-state index contributed by atoms with van der Waals surface area (Å²) >= 11 is 0. The van der Waals surface area contributed by atoms with Crippen molar-refractivity contribution in [3.05, 3.63) is 59.7 Å². The van der Waals surface area contributed by atoms with Gasteiger partial charge < -0.3 is 47.8 Å². The van der Waals surface area contributed by atoms with Crippen LogP contribution in [0.4, 0.5) is 0 Å². The molecule has 4 amide bonds. The van der Waals surface area contributed by atoms with Gasteiger partial charge in [0, 0.05) is 12.8 Å². The lowest BCUT2D eigenvalue weighted by Gasteiger charge is -2.25. The maximum Gasteiger partial charge on any atom is 0.326 e. The van der Waals surface area contributed by atoms with Crippen LogP contribution in [0.15, 0.2) is 48.5 Å². The van der Waals surface area contributed by atoms with Crippen molar-refractivity contribution in [2.75, 3.05) is 0 Å². The minimum absolute atomic E-state index is 0.0417. The summed E-state index contributed by atoms with van der Waals surface area (Å²) in [5, 5.41) is 44.7. The first-order valence-corrected chi connectivity index (χ1v) is 12.2. The molecule has 0 aromatic heterocycles. The smallest absolute Gasteiger partial charge is 0.326 e. The summed E-state index contributed by atoms with van der Waals surface area (Å²) in [5.74, 6) is -6.97. The van der Waals surface area contributed by atoms with Crippen LogP contribution >= 0.6 is 0 Å². The van der Waals surface area contributed by atoms with E-state index in [1.165, 1.54) is 48.5 Å². The highest BCUT2D eigenvalue weighted by molar-refractivity contribution is 5.96. The number of aromatic hydroxyl groups is 2. The molecule has 0 heterocycles. The van der Waals surface area contributed by atoms with Crippen molar-refractivity contribution in [2.24, 2.45) is 11.5 Å². The van der Waals surface area contributed by atoms with Crippen molar-refractivity contribution in [2.45, 2.75) is 49.9 Å². The Kier molecular flexibility index (Phi) is 11.6. The van der Waals surface area contributed by atoms with E-state index in [-0.39, 0.29) is 24.3 Å². The highest BCUT2D eigenvalue weighted by Gasteiger charge is 2.32. The summed E-state index contributed by atoms with van der Waals surface area (Å²) in [7, 11) is 0. The zero-order valence-electron chi connectivity index (χ0n) is 21.6. The highest BCUT2D eigenvalue weighted by atomic mass is 16.4. The third-order valence-corrected chi connectivity index (χ3v) is 5.77. The number of amides is 4. The predicted molar refractivity (Wildman–Crippen MR) is 141 cm³/mol. The highest BCUT2D eigenvalue weighted by Crippen LogP contribution is 2.14. The van der Waals surface area contributed by atoms with Gasteiger partial charge in [0.2, 0.25) is 23.6 Å². The lowest BCUT2D eigenvalue weighted by molar-refractivity contribution is -0.143. The number of nitrogens with one attached hydrogen (secondary N) is 3. The van der Waals surface area contributed by atoms with Crippen LogP contribution in [0.25, 0.3) is 0 Å². The van der Waals surface area contributed by atoms with E-state index >= 15 is 0 Å². The maximum atomic E-state index is 13.3. The summed E-state index contributed by atoms with van der Waals surface area (Å²) in [4.78, 5) is 73.0. The summed E-state index contributed by atoms with van der Waals surface area (Å²) in [6.07, 6.45) is -1.86. The summed E-state index contributed by atoms with van der Waals surface area (Å²) in [5.41, 5.74) is 11.5. The number of carbonyl (C=O) groups excluding carboxylic acids is 4. The fraction of sp³-hybridized carbons (Fsp3) is 0.308. The van der Waals surface area contributed by atoms with Crippen molar-refractivity contribution >= 4 is 35.6 Å². The summed E-state index contributed by atoms with van der Waals surface area (Å²) in [6, 6.07) is 5.07. The van der Waals surface area contributed by atoms with Crippen molar-refractivity contribution in [3.8, 4) is 11.5 Å². The second-order valence-corrected chi connectivity index (χ2v) is 9.14. The molecule has 2 aromatic carbocycles. The first-order valence-electron chi connectivity index (χ1n) is 12.2. The SMILES string of the molecule is NC(=O)CC(N)C(=O)NC(CC(=O)O)C(=O)NC(Cc1ccc(O)cc1)C(=O)NC(Cc1ccc(O)cc1)C(=O)O. The van der Waals surface area contributed by atoms with Crippen LogP contribution in [-0.2, 0) is 41.6 Å². The Morgan fingerprint density at radius 3 is 1.49 bits per heavy atom. The summed E-state index contributed by atoms with van der Waals surface area (Å²) < 4.78 is 0. The summed E-state index contributed by atoms with van der Waals surface area (Å²) in [6.45, 7) is 0. The van der Waals surface area contributed by atoms with Gasteiger partial charge in [-0.25, -0.2) is 4.79 Å². The Hall–Kier alpha value is -5.18. The van der Waals surface area contributed by atoms with Gasteiger partial charge >= 0.3 is 11.9 Å². The first kappa shape index (κ1) is 32.0. The molecule has 220 valence electrons. The minimum atomic E-state index is -1.72. The number of phenols is 2. The second-order valence-electron chi connectivity index (χ2n) is 9.14. The molecule has 15 heteroatoms. The van der Waals surface area contributed by atoms with Gasteiger partial charge in [0.25, 0.3) is 0 Å². The molecule has 4 atom stereocenters. The topological polar surface area (TPSA) is 271 Å². The number of rotatable bonds is 15. The minimum Gasteiger partial charge on any atom is -0.508 e. The molecule has 0 radical (unpaired) electrons. The number of carboxylic acids is 2. The van der Waals surface area contributed by atoms with Gasteiger partial charge in [-0.3, -0.25) is 24.0 Å². The fourth-order valence-electron chi connectivity index (χ4n) is 3.66. The fourth-order valence-corrected chi connectivity index (χ4v) is 3.66. The van der Waals surface area contributed by atoms with E-state index in [2.05, 4.69) is 16.0 Å². The maximum absolute atomic E-state index is 13.3. The number of hydrogen-bond acceptors (Lipinski definition) is 9. The number of carbonyl (C=O) groups is 6. The number of aliphatic carboxylic acids is 2. The molecular weight excluding hydrogens is 542 g/mol. The number of nitrogens with two attached hydrogens (primary N) is 2. The molecule has 0 aliphatic carbocycles. The second kappa shape index (κ2) is 14.8. The van der Waals surface area contributed by atoms with E-state index in [9.17, 15) is 49.2 Å². The van der Waals surface area contributed by atoms with Gasteiger partial charge in [-0.2, -0.15) is 0 Å². The molecule has 2 rings (SSSR count). The average molecular weight is 574 g/mol. The molecule has 0 fully saturated rings. The molecule has 0 saturated heterocycles. The lowest BCUT2D eigenvalue weighted by Crippen LogP contribution is -2.58. The van der Waals surface area contributed by atoms with Crippen LogP contribution in [0.3, 0.4) is 0 Å². The quantitative estimate of drug-likeness (QED) is 0.113. The lowest BCUT2D eigenvalue weighted by atomic mass is 10.0. The van der Waals surface area contributed by atoms with Crippen molar-refractivity contribution < 1.29 is 49.2 Å². The van der Waals surface area contributed by atoms with Gasteiger partial charge in [0.15, 0.2) is 0 Å². The number of carboxylic acid groups (broad SMARTS) is 2. The van der Waals surface area contributed by atoms with Crippen molar-refractivity contribution in [1.29, 1.82) is 0 Å². The third kappa shape index (κ3) is 10.8. The molecule has 0 saturated carbocycles. The predicted octanol–water partition coefficient (Wildman–Crippen LogP) is -1.90. The molecule has 0 spiro atoms. The van der Waals surface area contributed by atoms with Crippen LogP contribution in [0.5, 0.6) is 11.5 Å². The van der Waals surface area contributed by atoms with E-state index in [1.807, 2.05) is 0 Å². The molecule has 2 aromatic rings. The number of hydrogen-bond donors (Lipinski definition) is 9. The van der Waals surface area contributed by atoms with Gasteiger partial charge in [-0.1, -0.05) is 24.3 Å². The third-order valence-electron chi connectivity index (χ3n) is 5.77. The molecular formula is C26H31N5O10. The standard InChI is InChI=1S/C26H31N5O10/c27-17(11-21(28)34)23(37)29-19(12-22(35)36)25(39)30-18(9-13-1-5-15(32)6-2-13)24(38)31-20(26(40)41)10-14-3-7-16(33)8-4-14/h1-8,17-20,32-33H,9-12,27H2,(H2,28,34)(H,29,37)(H,30,39)(H,31,38)(H,35,36)(H,40,41). The number of benzene rings is 2. The van der Waals surface area contributed by atoms with Crippen LogP contribution in [0, 0.1) is 0 Å². The molecule has 0 bridgehead atoms. The Morgan fingerprint density at radius 1 is 0.634 bits per heavy atom. The average Bonchev–Trinajstić information content (AvgIpc) is 2.89. The van der Waals surface area contributed by atoms with E-state index in [0.717, 1.165) is 0 Å². The van der Waals surface area contributed by atoms with E-state index in [0.29, 0.717) is 11.1 Å². The largest absolute Gasteiger partial charge is 0.508 e. The van der Waals surface area contributed by atoms with Crippen LogP contribution < -0.4 is 27.4 Å². The molecule has 4 unspecified atom stereocenters. The molecule has 11 N–H and O–H groups in total. The van der Waals surface area contributed by atoms with E-state index in [1.54, 1.807) is 0 Å². The zero-order chi connectivity index (χ0) is 30.7. The molecule has 15 nitrogen and oxygen atoms in total. The Balaban J connectivity index is 2.28. The number of primary amides is 1. The molecule has 0 aliphatic heterocycles. The van der Waals surface area contributed by atoms with Gasteiger partial charge in [-0.15, -0.1) is 0 Å². The van der Waals surface area contributed by atoms with Crippen LogP contribution in [-0.4, -0.2) is 80.2 Å². The van der Waals surface area contributed by atoms with Gasteiger partial charge in [0.1, 0.15) is 29.6 Å². The monoisotopic (exact) mass is 573 g/mol. The van der Waals surface area contributed by atoms with E-state index < -0.39 is 72.6 Å². The van der Waals surface area contributed by atoms with Gasteiger partial charge in [0.05, 0.1) is 18.9 Å². The molecule has 0 aliphatic rings. The zero-order valence-corrected chi connectivity index (χ0v) is 21.6. The van der Waals surface area contributed by atoms with Crippen molar-refractivity contribution in [1.82, 2.24) is 16.0 Å². The first-order chi connectivity index (χ1) is 19.2. The van der Waals surface area contributed by atoms with Crippen LogP contribution in [0.2, 0.25) is 0 Å².